The summed E-state index contributed by atoms with van der Waals surface area (Å²) in [4.78, 5) is 12.6. The van der Waals surface area contributed by atoms with Gasteiger partial charge in [0.05, 0.1) is 10.6 Å². The van der Waals surface area contributed by atoms with E-state index in [2.05, 4.69) is 10.0 Å². The largest absolute Gasteiger partial charge is 0.322 e. The number of hydrogen-bond donors (Lipinski definition) is 2. The van der Waals surface area contributed by atoms with E-state index in [0.29, 0.717) is 16.9 Å². The van der Waals surface area contributed by atoms with Gasteiger partial charge in [-0.1, -0.05) is 35.4 Å². The fourth-order valence-corrected chi connectivity index (χ4v) is 4.25. The van der Waals surface area contributed by atoms with Gasteiger partial charge >= 0.3 is 0 Å². The highest BCUT2D eigenvalue weighted by Gasteiger charge is 2.16. The van der Waals surface area contributed by atoms with E-state index in [-0.39, 0.29) is 10.8 Å². The number of hydrogen-bond acceptors (Lipinski definition) is 3. The van der Waals surface area contributed by atoms with E-state index in [1.165, 1.54) is 12.1 Å². The molecule has 2 N–H and O–H groups in total. The summed E-state index contributed by atoms with van der Waals surface area (Å²) in [5.74, 6) is -0.230. The van der Waals surface area contributed by atoms with Crippen LogP contribution in [-0.4, -0.2) is 14.3 Å². The minimum absolute atomic E-state index is 0.127. The molecule has 0 bridgehead atoms. The van der Waals surface area contributed by atoms with Crippen molar-refractivity contribution in [3.05, 3.63) is 88.5 Å². The molecule has 150 valence electrons. The molecular formula is C23H24N2O3S. The van der Waals surface area contributed by atoms with Crippen LogP contribution in [0.4, 0.5) is 11.4 Å². The van der Waals surface area contributed by atoms with Crippen molar-refractivity contribution >= 4 is 27.3 Å². The first-order chi connectivity index (χ1) is 13.7. The normalized spacial score (nSPS) is 11.2. The molecule has 1 amide bonds. The van der Waals surface area contributed by atoms with E-state index in [1.807, 2.05) is 52.0 Å². The van der Waals surface area contributed by atoms with E-state index < -0.39 is 10.0 Å². The number of rotatable bonds is 5. The Morgan fingerprint density at radius 3 is 1.93 bits per heavy atom. The molecule has 0 unspecified atom stereocenters. The Balaban J connectivity index is 1.76. The van der Waals surface area contributed by atoms with Gasteiger partial charge in [-0.05, 0) is 75.2 Å². The average molecular weight is 409 g/mol. The predicted molar refractivity (Wildman–Crippen MR) is 117 cm³/mol. The topological polar surface area (TPSA) is 75.3 Å². The summed E-state index contributed by atoms with van der Waals surface area (Å²) >= 11 is 0. The van der Waals surface area contributed by atoms with Crippen molar-refractivity contribution in [3.63, 3.8) is 0 Å². The maximum atomic E-state index is 12.7. The van der Waals surface area contributed by atoms with Gasteiger partial charge in [-0.2, -0.15) is 0 Å². The lowest BCUT2D eigenvalue weighted by Crippen LogP contribution is -2.15. The second-order valence-electron chi connectivity index (χ2n) is 7.22. The molecule has 0 aliphatic rings. The van der Waals surface area contributed by atoms with Gasteiger partial charge in [0, 0.05) is 11.3 Å². The molecule has 0 saturated carbocycles. The van der Waals surface area contributed by atoms with Crippen molar-refractivity contribution in [1.29, 1.82) is 0 Å². The van der Waals surface area contributed by atoms with Crippen molar-refractivity contribution < 1.29 is 13.2 Å². The lowest BCUT2D eigenvalue weighted by Gasteiger charge is -2.12. The zero-order chi connectivity index (χ0) is 21.2. The number of nitrogens with one attached hydrogen (secondary N) is 2. The van der Waals surface area contributed by atoms with Gasteiger partial charge in [0.1, 0.15) is 0 Å². The van der Waals surface area contributed by atoms with Crippen LogP contribution in [0.2, 0.25) is 0 Å². The second-order valence-corrected chi connectivity index (χ2v) is 8.90. The summed E-state index contributed by atoms with van der Waals surface area (Å²) in [6.45, 7) is 7.67. The van der Waals surface area contributed by atoms with Crippen LogP contribution in [0.5, 0.6) is 0 Å². The van der Waals surface area contributed by atoms with Gasteiger partial charge in [-0.15, -0.1) is 0 Å². The molecule has 0 radical (unpaired) electrons. The molecule has 0 aromatic heterocycles. The zero-order valence-corrected chi connectivity index (χ0v) is 17.7. The molecule has 5 nitrogen and oxygen atoms in total. The van der Waals surface area contributed by atoms with Crippen molar-refractivity contribution in [2.75, 3.05) is 10.0 Å². The lowest BCUT2D eigenvalue weighted by atomic mass is 10.1. The minimum Gasteiger partial charge on any atom is -0.322 e. The van der Waals surface area contributed by atoms with Crippen LogP contribution in [0.25, 0.3) is 0 Å². The lowest BCUT2D eigenvalue weighted by molar-refractivity contribution is 0.102. The highest BCUT2D eigenvalue weighted by molar-refractivity contribution is 7.92. The molecule has 3 aromatic rings. The van der Waals surface area contributed by atoms with Crippen LogP contribution in [-0.2, 0) is 10.0 Å². The Labute approximate surface area is 171 Å². The summed E-state index contributed by atoms with van der Waals surface area (Å²) in [7, 11) is -3.72. The van der Waals surface area contributed by atoms with E-state index >= 15 is 0 Å². The maximum absolute atomic E-state index is 12.7. The standard InChI is InChI=1S/C23H24N2O3S/c1-15-5-11-21(17(3)13-15)23(26)24-19-7-9-20(10-8-19)29(27,28)25-22-12-6-16(2)14-18(22)4/h5-14,25H,1-4H3,(H,24,26). The molecule has 6 heteroatoms. The van der Waals surface area contributed by atoms with Crippen molar-refractivity contribution in [1.82, 2.24) is 0 Å². The van der Waals surface area contributed by atoms with Crippen molar-refractivity contribution in [2.45, 2.75) is 32.6 Å². The number of anilines is 2. The fourth-order valence-electron chi connectivity index (χ4n) is 3.12. The highest BCUT2D eigenvalue weighted by atomic mass is 32.2. The summed E-state index contributed by atoms with van der Waals surface area (Å²) in [6.07, 6.45) is 0. The van der Waals surface area contributed by atoms with E-state index in [9.17, 15) is 13.2 Å². The molecule has 0 atom stereocenters. The number of carbonyl (C=O) groups is 1. The molecule has 0 aliphatic carbocycles. The number of amides is 1. The predicted octanol–water partition coefficient (Wildman–Crippen LogP) is 4.97. The summed E-state index contributed by atoms with van der Waals surface area (Å²) < 4.78 is 28.0. The smallest absolute Gasteiger partial charge is 0.261 e. The Morgan fingerprint density at radius 2 is 1.34 bits per heavy atom. The quantitative estimate of drug-likeness (QED) is 0.626. The Hall–Kier alpha value is -3.12. The highest BCUT2D eigenvalue weighted by Crippen LogP contribution is 2.22. The number of aryl methyl sites for hydroxylation is 4. The molecule has 3 rings (SSSR count). The number of carbonyl (C=O) groups excluding carboxylic acids is 1. The molecule has 0 fully saturated rings. The Morgan fingerprint density at radius 1 is 0.759 bits per heavy atom. The van der Waals surface area contributed by atoms with Crippen LogP contribution < -0.4 is 10.0 Å². The van der Waals surface area contributed by atoms with Crippen LogP contribution in [0.1, 0.15) is 32.6 Å². The third kappa shape index (κ3) is 4.84. The zero-order valence-electron chi connectivity index (χ0n) is 16.9. The van der Waals surface area contributed by atoms with Crippen molar-refractivity contribution in [3.8, 4) is 0 Å². The monoisotopic (exact) mass is 408 g/mol. The Bertz CT molecular complexity index is 1170. The second kappa shape index (κ2) is 8.09. The molecule has 3 aromatic carbocycles. The third-order valence-electron chi connectivity index (χ3n) is 4.68. The van der Waals surface area contributed by atoms with Crippen molar-refractivity contribution in [2.24, 2.45) is 0 Å². The van der Waals surface area contributed by atoms with Crippen LogP contribution in [0.15, 0.2) is 65.6 Å². The molecule has 0 saturated heterocycles. The molecular weight excluding hydrogens is 384 g/mol. The summed E-state index contributed by atoms with van der Waals surface area (Å²) in [6, 6.07) is 17.3. The first-order valence-electron chi connectivity index (χ1n) is 9.24. The van der Waals surface area contributed by atoms with Gasteiger partial charge in [-0.25, -0.2) is 8.42 Å². The first kappa shape index (κ1) is 20.6. The summed E-state index contributed by atoms with van der Waals surface area (Å²) in [5.41, 5.74) is 5.55. The molecule has 29 heavy (non-hydrogen) atoms. The first-order valence-corrected chi connectivity index (χ1v) is 10.7. The number of benzene rings is 3. The SMILES string of the molecule is Cc1ccc(NS(=O)(=O)c2ccc(NC(=O)c3ccc(C)cc3C)cc2)c(C)c1. The van der Waals surface area contributed by atoms with E-state index in [0.717, 1.165) is 22.3 Å². The molecule has 0 aliphatic heterocycles. The van der Waals surface area contributed by atoms with Gasteiger partial charge in [-0.3, -0.25) is 9.52 Å². The Kier molecular flexibility index (Phi) is 5.75. The number of sulfonamides is 1. The van der Waals surface area contributed by atoms with Gasteiger partial charge in [0.2, 0.25) is 0 Å². The van der Waals surface area contributed by atoms with E-state index in [4.69, 9.17) is 0 Å². The summed E-state index contributed by atoms with van der Waals surface area (Å²) in [5, 5.41) is 2.81. The van der Waals surface area contributed by atoms with Crippen LogP contribution in [0, 0.1) is 27.7 Å². The average Bonchev–Trinajstić information content (AvgIpc) is 2.64. The maximum Gasteiger partial charge on any atom is 0.261 e. The van der Waals surface area contributed by atoms with Crippen LogP contribution >= 0.6 is 0 Å². The van der Waals surface area contributed by atoms with E-state index in [1.54, 1.807) is 24.3 Å². The third-order valence-corrected chi connectivity index (χ3v) is 6.06. The minimum atomic E-state index is -3.72. The fraction of sp³-hybridized carbons (Fsp3) is 0.174. The molecule has 0 heterocycles. The van der Waals surface area contributed by atoms with Gasteiger partial charge in [0.15, 0.2) is 0 Å². The van der Waals surface area contributed by atoms with Crippen LogP contribution in [0.3, 0.4) is 0 Å². The van der Waals surface area contributed by atoms with Gasteiger partial charge < -0.3 is 5.32 Å². The van der Waals surface area contributed by atoms with Gasteiger partial charge in [0.25, 0.3) is 15.9 Å². The molecule has 0 spiro atoms.